The van der Waals surface area contributed by atoms with Crippen LogP contribution in [0, 0.1) is 6.92 Å². The first kappa shape index (κ1) is 19.9. The Morgan fingerprint density at radius 3 is 2.63 bits per heavy atom. The summed E-state index contributed by atoms with van der Waals surface area (Å²) >= 11 is 0. The minimum atomic E-state index is -0.890. The highest BCUT2D eigenvalue weighted by Crippen LogP contribution is 2.36. The number of nitrogens with one attached hydrogen (secondary N) is 2. The van der Waals surface area contributed by atoms with Crippen LogP contribution in [0.2, 0.25) is 0 Å². The van der Waals surface area contributed by atoms with Crippen LogP contribution in [0.4, 0.5) is 5.69 Å². The highest BCUT2D eigenvalue weighted by molar-refractivity contribution is 6.50. The summed E-state index contributed by atoms with van der Waals surface area (Å²) in [6.45, 7) is 1.81. The number of carbonyl (C=O) groups is 2. The first-order valence-electron chi connectivity index (χ1n) is 9.68. The third-order valence-corrected chi connectivity index (χ3v) is 5.25. The number of aromatic nitrogens is 1. The summed E-state index contributed by atoms with van der Waals surface area (Å²) in [5.74, 6) is -0.856. The molecule has 1 atom stereocenters. The molecule has 0 radical (unpaired) electrons. The van der Waals surface area contributed by atoms with E-state index in [4.69, 9.17) is 5.11 Å². The van der Waals surface area contributed by atoms with E-state index in [-0.39, 0.29) is 13.2 Å². The van der Waals surface area contributed by atoms with Gasteiger partial charge in [0.25, 0.3) is 11.8 Å². The van der Waals surface area contributed by atoms with E-state index in [1.54, 1.807) is 24.3 Å². The van der Waals surface area contributed by atoms with Crippen LogP contribution < -0.4 is 10.6 Å². The molecular weight excluding hydrogens is 382 g/mol. The highest BCUT2D eigenvalue weighted by atomic mass is 16.3. The fraction of sp³-hybridized carbons (Fsp3) is 0.217. The van der Waals surface area contributed by atoms with Crippen molar-refractivity contribution in [1.29, 1.82) is 0 Å². The molecule has 7 nitrogen and oxygen atoms in total. The van der Waals surface area contributed by atoms with Gasteiger partial charge in [0.1, 0.15) is 0 Å². The second kappa shape index (κ2) is 7.78. The molecule has 1 aromatic heterocycles. The van der Waals surface area contributed by atoms with Gasteiger partial charge in [-0.05, 0) is 36.8 Å². The zero-order chi connectivity index (χ0) is 21.4. The normalized spacial score (nSPS) is 15.1. The van der Waals surface area contributed by atoms with Crippen LogP contribution >= 0.6 is 0 Å². The van der Waals surface area contributed by atoms with Crippen LogP contribution in [-0.2, 0) is 16.6 Å². The molecular formula is C23H23N3O4. The molecule has 0 spiro atoms. The fourth-order valence-electron chi connectivity index (χ4n) is 3.78. The Hall–Kier alpha value is -3.42. The topological polar surface area (TPSA) is 104 Å². The first-order valence-corrected chi connectivity index (χ1v) is 9.68. The van der Waals surface area contributed by atoms with Crippen LogP contribution in [0.5, 0.6) is 0 Å². The second-order valence-electron chi connectivity index (χ2n) is 7.51. The SMILES string of the molecule is Cc1ccc2c(c1)c(C1=C(c3cccc(NCC(O)CO)c3)C(=O)NC1=O)cn2C. The van der Waals surface area contributed by atoms with Crippen LogP contribution in [0.1, 0.15) is 16.7 Å². The van der Waals surface area contributed by atoms with E-state index < -0.39 is 17.9 Å². The number of imide groups is 1. The predicted octanol–water partition coefficient (Wildman–Crippen LogP) is 1.82. The summed E-state index contributed by atoms with van der Waals surface area (Å²) in [6, 6.07) is 13.1. The van der Waals surface area contributed by atoms with Gasteiger partial charge in [-0.1, -0.05) is 23.8 Å². The van der Waals surface area contributed by atoms with Crippen molar-refractivity contribution in [2.24, 2.45) is 7.05 Å². The number of hydrogen-bond donors (Lipinski definition) is 4. The van der Waals surface area contributed by atoms with Gasteiger partial charge in [-0.3, -0.25) is 14.9 Å². The van der Waals surface area contributed by atoms with E-state index in [1.165, 1.54) is 0 Å². The summed E-state index contributed by atoms with van der Waals surface area (Å²) < 4.78 is 1.94. The van der Waals surface area contributed by atoms with E-state index in [1.807, 2.05) is 42.9 Å². The van der Waals surface area contributed by atoms with E-state index in [2.05, 4.69) is 10.6 Å². The standard InChI is InChI=1S/C23H23N3O4/c1-13-6-7-19-17(8-13)18(11-26(19)2)21-20(22(29)25-23(21)30)14-4-3-5-15(9-14)24-10-16(28)12-27/h3-9,11,16,24,27-28H,10,12H2,1-2H3,(H,25,29,30). The van der Waals surface area contributed by atoms with Crippen molar-refractivity contribution in [2.45, 2.75) is 13.0 Å². The lowest BCUT2D eigenvalue weighted by Gasteiger charge is -2.12. The molecule has 0 saturated heterocycles. The third-order valence-electron chi connectivity index (χ3n) is 5.25. The molecule has 4 N–H and O–H groups in total. The monoisotopic (exact) mass is 405 g/mol. The minimum Gasteiger partial charge on any atom is -0.394 e. The maximum absolute atomic E-state index is 12.8. The van der Waals surface area contributed by atoms with Crippen LogP contribution in [0.15, 0.2) is 48.7 Å². The van der Waals surface area contributed by atoms with Crippen molar-refractivity contribution in [3.8, 4) is 0 Å². The Kier molecular flexibility index (Phi) is 5.15. The molecule has 2 heterocycles. The zero-order valence-corrected chi connectivity index (χ0v) is 16.8. The molecule has 2 aromatic carbocycles. The smallest absolute Gasteiger partial charge is 0.259 e. The minimum absolute atomic E-state index is 0.166. The lowest BCUT2D eigenvalue weighted by atomic mass is 9.95. The molecule has 0 aliphatic carbocycles. The van der Waals surface area contributed by atoms with Gasteiger partial charge in [-0.2, -0.15) is 0 Å². The summed E-state index contributed by atoms with van der Waals surface area (Å²) in [5.41, 5.74) is 4.69. The molecule has 7 heteroatoms. The zero-order valence-electron chi connectivity index (χ0n) is 16.8. The van der Waals surface area contributed by atoms with Crippen molar-refractivity contribution in [1.82, 2.24) is 9.88 Å². The number of aliphatic hydroxyl groups excluding tert-OH is 2. The largest absolute Gasteiger partial charge is 0.394 e. The Morgan fingerprint density at radius 2 is 1.87 bits per heavy atom. The van der Waals surface area contributed by atoms with Crippen molar-refractivity contribution in [3.63, 3.8) is 0 Å². The number of carbonyl (C=O) groups excluding carboxylic acids is 2. The van der Waals surface area contributed by atoms with Crippen LogP contribution in [0.3, 0.4) is 0 Å². The number of hydrogen-bond acceptors (Lipinski definition) is 5. The molecule has 2 amide bonds. The van der Waals surface area contributed by atoms with Gasteiger partial charge in [0.2, 0.25) is 0 Å². The maximum Gasteiger partial charge on any atom is 0.259 e. The molecule has 30 heavy (non-hydrogen) atoms. The van der Waals surface area contributed by atoms with Gasteiger partial charge in [0.15, 0.2) is 0 Å². The molecule has 1 aliphatic heterocycles. The summed E-state index contributed by atoms with van der Waals surface area (Å²) in [4.78, 5) is 25.5. The molecule has 1 unspecified atom stereocenters. The number of anilines is 1. The summed E-state index contributed by atoms with van der Waals surface area (Å²) in [6.07, 6.45) is 0.982. The van der Waals surface area contributed by atoms with Gasteiger partial charge in [0.05, 0.1) is 23.9 Å². The molecule has 1 aliphatic rings. The molecule has 154 valence electrons. The van der Waals surface area contributed by atoms with Gasteiger partial charge < -0.3 is 20.1 Å². The Balaban J connectivity index is 1.85. The van der Waals surface area contributed by atoms with E-state index in [0.717, 1.165) is 16.5 Å². The average molecular weight is 405 g/mol. The molecule has 0 bridgehead atoms. The quantitative estimate of drug-likeness (QED) is 0.469. The van der Waals surface area contributed by atoms with Gasteiger partial charge in [0, 0.05) is 41.9 Å². The van der Waals surface area contributed by atoms with Crippen molar-refractivity contribution in [2.75, 3.05) is 18.5 Å². The van der Waals surface area contributed by atoms with Gasteiger partial charge >= 0.3 is 0 Å². The lowest BCUT2D eigenvalue weighted by Crippen LogP contribution is -2.23. The highest BCUT2D eigenvalue weighted by Gasteiger charge is 2.33. The number of nitrogens with zero attached hydrogens (tertiary/aromatic N) is 1. The average Bonchev–Trinajstić information content (AvgIpc) is 3.20. The number of benzene rings is 2. The number of rotatable bonds is 6. The fourth-order valence-corrected chi connectivity index (χ4v) is 3.78. The maximum atomic E-state index is 12.8. The Morgan fingerprint density at radius 1 is 1.10 bits per heavy atom. The van der Waals surface area contributed by atoms with Gasteiger partial charge in [-0.25, -0.2) is 0 Å². The Bertz CT molecular complexity index is 1190. The Labute approximate surface area is 173 Å². The van der Waals surface area contributed by atoms with Crippen molar-refractivity contribution < 1.29 is 19.8 Å². The molecule has 4 rings (SSSR count). The number of amides is 2. The number of aryl methyl sites for hydroxylation is 2. The number of aliphatic hydroxyl groups is 2. The van der Waals surface area contributed by atoms with Crippen molar-refractivity contribution >= 4 is 39.6 Å². The van der Waals surface area contributed by atoms with E-state index >= 15 is 0 Å². The second-order valence-corrected chi connectivity index (χ2v) is 7.51. The number of fused-ring (bicyclic) bond motifs is 1. The summed E-state index contributed by atoms with van der Waals surface area (Å²) in [5, 5.41) is 24.9. The van der Waals surface area contributed by atoms with Crippen LogP contribution in [-0.4, -0.2) is 45.9 Å². The third kappa shape index (κ3) is 3.49. The molecule has 0 fully saturated rings. The van der Waals surface area contributed by atoms with Crippen LogP contribution in [0.25, 0.3) is 22.0 Å². The van der Waals surface area contributed by atoms with E-state index in [0.29, 0.717) is 28.0 Å². The molecule has 0 saturated carbocycles. The van der Waals surface area contributed by atoms with Crippen molar-refractivity contribution in [3.05, 3.63) is 65.4 Å². The predicted molar refractivity (Wildman–Crippen MR) is 116 cm³/mol. The van der Waals surface area contributed by atoms with E-state index in [9.17, 15) is 14.7 Å². The molecule has 3 aromatic rings. The lowest BCUT2D eigenvalue weighted by molar-refractivity contribution is -0.122. The first-order chi connectivity index (χ1) is 14.4. The van der Waals surface area contributed by atoms with Gasteiger partial charge in [-0.15, -0.1) is 0 Å². The summed E-state index contributed by atoms with van der Waals surface area (Å²) in [7, 11) is 1.91.